The first-order valence-corrected chi connectivity index (χ1v) is 12.7. The van der Waals surface area contributed by atoms with Gasteiger partial charge in [-0.05, 0) is 62.4 Å². The van der Waals surface area contributed by atoms with Crippen molar-refractivity contribution in [1.29, 1.82) is 0 Å². The van der Waals surface area contributed by atoms with E-state index in [1.165, 1.54) is 16.2 Å². The third-order valence-electron chi connectivity index (χ3n) is 5.94. The van der Waals surface area contributed by atoms with Crippen molar-refractivity contribution in [3.8, 4) is 5.75 Å². The topological polar surface area (TPSA) is 79.7 Å². The Hall–Kier alpha value is -2.42. The first kappa shape index (κ1) is 23.7. The Morgan fingerprint density at radius 2 is 1.91 bits per heavy atom. The molecule has 0 radical (unpaired) electrons. The smallest absolute Gasteiger partial charge is 0.355 e. The molecule has 3 aromatic rings. The third kappa shape index (κ3) is 5.23. The number of carbonyl (C=O) groups excluding carboxylic acids is 1. The SMILES string of the molecule is COc1ccc(C2(C(=O)N(CCCc3ccc(Cl)s3)Cc3nc(C(=O)O)c(C)s3)CC2)cc1. The maximum atomic E-state index is 13.8. The van der Waals surface area contributed by atoms with Crippen molar-refractivity contribution in [2.24, 2.45) is 0 Å². The second-order valence-electron chi connectivity index (χ2n) is 8.16. The van der Waals surface area contributed by atoms with Crippen LogP contribution in [0.4, 0.5) is 0 Å². The highest BCUT2D eigenvalue weighted by Crippen LogP contribution is 2.50. The predicted molar refractivity (Wildman–Crippen MR) is 131 cm³/mol. The first-order chi connectivity index (χ1) is 15.8. The van der Waals surface area contributed by atoms with Gasteiger partial charge in [0.1, 0.15) is 10.8 Å². The van der Waals surface area contributed by atoms with Crippen molar-refractivity contribution in [2.45, 2.75) is 44.6 Å². The van der Waals surface area contributed by atoms with Crippen LogP contribution in [0.3, 0.4) is 0 Å². The molecule has 2 aromatic heterocycles. The van der Waals surface area contributed by atoms with E-state index >= 15 is 0 Å². The Kier molecular flexibility index (Phi) is 7.07. The van der Waals surface area contributed by atoms with Crippen molar-refractivity contribution < 1.29 is 19.4 Å². The highest BCUT2D eigenvalue weighted by molar-refractivity contribution is 7.16. The third-order valence-corrected chi connectivity index (χ3v) is 8.19. The van der Waals surface area contributed by atoms with Crippen LogP contribution in [0.2, 0.25) is 4.34 Å². The number of carbonyl (C=O) groups is 2. The van der Waals surface area contributed by atoms with Gasteiger partial charge in [-0.15, -0.1) is 22.7 Å². The van der Waals surface area contributed by atoms with Crippen LogP contribution >= 0.6 is 34.3 Å². The number of aromatic nitrogens is 1. The minimum Gasteiger partial charge on any atom is -0.497 e. The number of ether oxygens (including phenoxy) is 1. The molecule has 0 saturated heterocycles. The predicted octanol–water partition coefficient (Wildman–Crippen LogP) is 5.57. The summed E-state index contributed by atoms with van der Waals surface area (Å²) in [5.41, 5.74) is 0.525. The normalized spacial score (nSPS) is 14.2. The number of carboxylic acids is 1. The van der Waals surface area contributed by atoms with Gasteiger partial charge in [0.15, 0.2) is 5.69 Å². The molecule has 1 N–H and O–H groups in total. The molecule has 1 aliphatic rings. The molecule has 9 heteroatoms. The lowest BCUT2D eigenvalue weighted by atomic mass is 9.94. The van der Waals surface area contributed by atoms with Gasteiger partial charge in [-0.25, -0.2) is 9.78 Å². The standard InChI is InChI=1S/C24H25ClN2O4S2/c1-15-21(22(28)29)26-20(32-15)14-27(13-3-4-18-9-10-19(25)33-18)23(30)24(11-12-24)16-5-7-17(31-2)8-6-16/h5-10H,3-4,11-14H2,1-2H3,(H,28,29). The summed E-state index contributed by atoms with van der Waals surface area (Å²) in [4.78, 5) is 33.2. The maximum Gasteiger partial charge on any atom is 0.355 e. The van der Waals surface area contributed by atoms with Crippen LogP contribution in [0.15, 0.2) is 36.4 Å². The number of hydrogen-bond donors (Lipinski definition) is 1. The van der Waals surface area contributed by atoms with E-state index in [4.69, 9.17) is 16.3 Å². The molecule has 0 bridgehead atoms. The van der Waals surface area contributed by atoms with E-state index in [2.05, 4.69) is 4.98 Å². The zero-order valence-electron chi connectivity index (χ0n) is 18.5. The van der Waals surface area contributed by atoms with Gasteiger partial charge in [0.05, 0.1) is 23.4 Å². The van der Waals surface area contributed by atoms with Gasteiger partial charge in [-0.1, -0.05) is 23.7 Å². The average molecular weight is 505 g/mol. The number of hydrogen-bond acceptors (Lipinski definition) is 6. The lowest BCUT2D eigenvalue weighted by molar-refractivity contribution is -0.134. The number of nitrogens with zero attached hydrogens (tertiary/aromatic N) is 2. The second-order valence-corrected chi connectivity index (χ2v) is 11.3. The van der Waals surface area contributed by atoms with Crippen LogP contribution in [0.25, 0.3) is 0 Å². The molecule has 0 unspecified atom stereocenters. The number of halogens is 1. The molecule has 1 fully saturated rings. The van der Waals surface area contributed by atoms with Crippen molar-refractivity contribution in [3.05, 3.63) is 66.8 Å². The molecule has 1 aliphatic carbocycles. The monoisotopic (exact) mass is 504 g/mol. The van der Waals surface area contributed by atoms with Gasteiger partial charge in [0.25, 0.3) is 0 Å². The van der Waals surface area contributed by atoms with E-state index in [-0.39, 0.29) is 11.6 Å². The fourth-order valence-electron chi connectivity index (χ4n) is 4.03. The number of carboxylic acid groups (broad SMARTS) is 1. The molecule has 6 nitrogen and oxygen atoms in total. The highest BCUT2D eigenvalue weighted by Gasteiger charge is 2.53. The van der Waals surface area contributed by atoms with Crippen molar-refractivity contribution in [1.82, 2.24) is 9.88 Å². The molecular formula is C24H25ClN2O4S2. The number of aromatic carboxylic acids is 1. The highest BCUT2D eigenvalue weighted by atomic mass is 35.5. The van der Waals surface area contributed by atoms with Crippen LogP contribution in [-0.4, -0.2) is 40.5 Å². The van der Waals surface area contributed by atoms with Gasteiger partial charge in [-0.3, -0.25) is 4.79 Å². The number of benzene rings is 1. The number of rotatable bonds is 10. The van der Waals surface area contributed by atoms with Gasteiger partial charge in [0, 0.05) is 16.3 Å². The molecule has 1 saturated carbocycles. The van der Waals surface area contributed by atoms with Crippen molar-refractivity contribution >= 4 is 46.2 Å². The summed E-state index contributed by atoms with van der Waals surface area (Å²) < 4.78 is 6.02. The summed E-state index contributed by atoms with van der Waals surface area (Å²) in [5, 5.41) is 10.0. The first-order valence-electron chi connectivity index (χ1n) is 10.7. The maximum absolute atomic E-state index is 13.8. The fourth-order valence-corrected chi connectivity index (χ4v) is 6.10. The Labute approximate surface area is 205 Å². The minimum atomic E-state index is -1.04. The van der Waals surface area contributed by atoms with Gasteiger partial charge >= 0.3 is 5.97 Å². The van der Waals surface area contributed by atoms with E-state index in [9.17, 15) is 14.7 Å². The number of thiazole rings is 1. The Balaban J connectivity index is 1.54. The van der Waals surface area contributed by atoms with E-state index in [0.717, 1.165) is 41.3 Å². The summed E-state index contributed by atoms with van der Waals surface area (Å²) >= 11 is 8.94. The molecule has 174 valence electrons. The van der Waals surface area contributed by atoms with E-state index in [1.807, 2.05) is 41.3 Å². The molecule has 33 heavy (non-hydrogen) atoms. The van der Waals surface area contributed by atoms with Gasteiger partial charge in [0.2, 0.25) is 5.91 Å². The van der Waals surface area contributed by atoms with Crippen molar-refractivity contribution in [3.63, 3.8) is 0 Å². The van der Waals surface area contributed by atoms with Crippen LogP contribution in [-0.2, 0) is 23.2 Å². The fraction of sp³-hybridized carbons (Fsp3) is 0.375. The minimum absolute atomic E-state index is 0.0620. The summed E-state index contributed by atoms with van der Waals surface area (Å²) in [6, 6.07) is 11.6. The van der Waals surface area contributed by atoms with Gasteiger partial charge < -0.3 is 14.7 Å². The molecule has 0 spiro atoms. The number of amides is 1. The summed E-state index contributed by atoms with van der Waals surface area (Å²) in [7, 11) is 1.62. The van der Waals surface area contributed by atoms with Crippen LogP contribution in [0, 0.1) is 6.92 Å². The molecule has 2 heterocycles. The van der Waals surface area contributed by atoms with E-state index in [0.29, 0.717) is 23.0 Å². The van der Waals surface area contributed by atoms with E-state index < -0.39 is 11.4 Å². The number of thiophene rings is 1. The summed E-state index contributed by atoms with van der Waals surface area (Å²) in [5.74, 6) is -0.214. The zero-order valence-corrected chi connectivity index (χ0v) is 20.9. The van der Waals surface area contributed by atoms with Gasteiger partial charge in [-0.2, -0.15) is 0 Å². The molecule has 4 rings (SSSR count). The van der Waals surface area contributed by atoms with Crippen LogP contribution < -0.4 is 4.74 Å². The largest absolute Gasteiger partial charge is 0.497 e. The second kappa shape index (κ2) is 9.83. The average Bonchev–Trinajstić information content (AvgIpc) is 3.38. The lowest BCUT2D eigenvalue weighted by Crippen LogP contribution is -2.39. The quantitative estimate of drug-likeness (QED) is 0.390. The van der Waals surface area contributed by atoms with Crippen LogP contribution in [0.1, 0.15) is 50.1 Å². The van der Waals surface area contributed by atoms with Crippen LogP contribution in [0.5, 0.6) is 5.75 Å². The molecular weight excluding hydrogens is 480 g/mol. The summed E-state index contributed by atoms with van der Waals surface area (Å²) in [6.45, 7) is 2.62. The molecule has 0 atom stereocenters. The summed E-state index contributed by atoms with van der Waals surface area (Å²) in [6.07, 6.45) is 3.21. The van der Waals surface area contributed by atoms with Crippen molar-refractivity contribution in [2.75, 3.05) is 13.7 Å². The Morgan fingerprint density at radius 3 is 2.45 bits per heavy atom. The number of aryl methyl sites for hydroxylation is 2. The molecule has 0 aliphatic heterocycles. The number of methoxy groups -OCH3 is 1. The zero-order chi connectivity index (χ0) is 23.6. The molecule has 1 amide bonds. The van der Waals surface area contributed by atoms with E-state index in [1.54, 1.807) is 25.4 Å². The molecule has 1 aromatic carbocycles. The Bertz CT molecular complexity index is 1150. The Morgan fingerprint density at radius 1 is 1.18 bits per heavy atom. The lowest BCUT2D eigenvalue weighted by Gasteiger charge is -2.27.